The summed E-state index contributed by atoms with van der Waals surface area (Å²) in [7, 11) is 1.64. The first-order valence-corrected chi connectivity index (χ1v) is 8.77. The second-order valence-corrected chi connectivity index (χ2v) is 6.44. The van der Waals surface area contributed by atoms with Crippen molar-refractivity contribution >= 4 is 17.7 Å². The standard InChI is InChI=1S/C19H23N5O2/c1-23-19(26)12-17(14-22-23)24-10-7-15(8-11-24)13-21-18(25)6-5-16-4-2-3-9-20-16/h2-6,9,12,14-15H,7-8,10-11,13H2,1H3,(H,21,25)/b6-5+. The van der Waals surface area contributed by atoms with Crippen molar-refractivity contribution in [1.82, 2.24) is 20.1 Å². The lowest BCUT2D eigenvalue weighted by molar-refractivity contribution is -0.116. The lowest BCUT2D eigenvalue weighted by Gasteiger charge is -2.33. The smallest absolute Gasteiger partial charge is 0.268 e. The average molecular weight is 353 g/mol. The molecule has 26 heavy (non-hydrogen) atoms. The maximum Gasteiger partial charge on any atom is 0.268 e. The Hall–Kier alpha value is -2.96. The number of nitrogens with zero attached hydrogens (tertiary/aromatic N) is 4. The molecule has 2 aromatic rings. The number of carbonyl (C=O) groups excluding carboxylic acids is 1. The number of anilines is 1. The Morgan fingerprint density at radius 2 is 2.15 bits per heavy atom. The molecule has 0 aromatic carbocycles. The molecular formula is C19H23N5O2. The normalized spacial score (nSPS) is 15.3. The van der Waals surface area contributed by atoms with E-state index < -0.39 is 0 Å². The molecule has 3 rings (SSSR count). The average Bonchev–Trinajstić information content (AvgIpc) is 2.68. The van der Waals surface area contributed by atoms with E-state index in [1.165, 1.54) is 10.8 Å². The zero-order valence-corrected chi connectivity index (χ0v) is 14.8. The summed E-state index contributed by atoms with van der Waals surface area (Å²) in [4.78, 5) is 30.0. The Morgan fingerprint density at radius 3 is 2.85 bits per heavy atom. The Balaban J connectivity index is 1.44. The molecule has 1 aliphatic heterocycles. The number of carbonyl (C=O) groups is 1. The van der Waals surface area contributed by atoms with E-state index in [0.29, 0.717) is 12.5 Å². The molecule has 0 unspecified atom stereocenters. The van der Waals surface area contributed by atoms with Crippen molar-refractivity contribution in [3.05, 3.63) is 58.8 Å². The first-order valence-electron chi connectivity index (χ1n) is 8.77. The number of hydrogen-bond donors (Lipinski definition) is 1. The predicted octanol–water partition coefficient (Wildman–Crippen LogP) is 1.22. The van der Waals surface area contributed by atoms with Gasteiger partial charge in [-0.3, -0.25) is 14.6 Å². The van der Waals surface area contributed by atoms with E-state index in [-0.39, 0.29) is 11.5 Å². The summed E-state index contributed by atoms with van der Waals surface area (Å²) < 4.78 is 1.32. The van der Waals surface area contributed by atoms with Gasteiger partial charge in [-0.05, 0) is 37.0 Å². The van der Waals surface area contributed by atoms with Crippen molar-refractivity contribution in [3.8, 4) is 0 Å². The molecule has 0 saturated carbocycles. The van der Waals surface area contributed by atoms with Crippen LogP contribution in [0.4, 0.5) is 5.69 Å². The number of pyridine rings is 1. The molecular weight excluding hydrogens is 330 g/mol. The van der Waals surface area contributed by atoms with Gasteiger partial charge in [-0.1, -0.05) is 6.07 Å². The Labute approximate surface area is 152 Å². The van der Waals surface area contributed by atoms with Crippen LogP contribution in [0.25, 0.3) is 6.08 Å². The summed E-state index contributed by atoms with van der Waals surface area (Å²) in [6.45, 7) is 2.38. The quantitative estimate of drug-likeness (QED) is 0.818. The van der Waals surface area contributed by atoms with E-state index in [0.717, 1.165) is 37.3 Å². The molecule has 0 bridgehead atoms. The molecule has 3 heterocycles. The fourth-order valence-electron chi connectivity index (χ4n) is 2.97. The van der Waals surface area contributed by atoms with Gasteiger partial charge in [0.2, 0.25) is 5.91 Å². The molecule has 0 aliphatic carbocycles. The minimum absolute atomic E-state index is 0.100. The van der Waals surface area contributed by atoms with Crippen LogP contribution >= 0.6 is 0 Å². The summed E-state index contributed by atoms with van der Waals surface area (Å²) in [5.74, 6) is 0.340. The largest absolute Gasteiger partial charge is 0.370 e. The topological polar surface area (TPSA) is 80.1 Å². The molecule has 7 heteroatoms. The van der Waals surface area contributed by atoms with E-state index in [1.54, 1.807) is 31.6 Å². The van der Waals surface area contributed by atoms with Gasteiger partial charge in [0.05, 0.1) is 17.6 Å². The van der Waals surface area contributed by atoms with Crippen molar-refractivity contribution < 1.29 is 4.79 Å². The van der Waals surface area contributed by atoms with Gasteiger partial charge in [0, 0.05) is 45.0 Å². The van der Waals surface area contributed by atoms with Crippen molar-refractivity contribution in [2.75, 3.05) is 24.5 Å². The molecule has 2 aromatic heterocycles. The van der Waals surface area contributed by atoms with E-state index >= 15 is 0 Å². The van der Waals surface area contributed by atoms with Gasteiger partial charge in [0.1, 0.15) is 0 Å². The summed E-state index contributed by atoms with van der Waals surface area (Å²) in [5, 5.41) is 7.03. The van der Waals surface area contributed by atoms with E-state index in [9.17, 15) is 9.59 Å². The number of nitrogens with one attached hydrogen (secondary N) is 1. The first kappa shape index (κ1) is 17.8. The summed E-state index contributed by atoms with van der Waals surface area (Å²) >= 11 is 0. The van der Waals surface area contributed by atoms with E-state index in [4.69, 9.17) is 0 Å². The molecule has 1 fully saturated rings. The summed E-state index contributed by atoms with van der Waals surface area (Å²) in [5.41, 5.74) is 1.53. The number of rotatable bonds is 5. The van der Waals surface area contributed by atoms with Crippen molar-refractivity contribution in [3.63, 3.8) is 0 Å². The fourth-order valence-corrected chi connectivity index (χ4v) is 2.97. The molecule has 7 nitrogen and oxygen atoms in total. The molecule has 1 saturated heterocycles. The van der Waals surface area contributed by atoms with Crippen LogP contribution in [0.5, 0.6) is 0 Å². The molecule has 1 amide bonds. The van der Waals surface area contributed by atoms with Crippen LogP contribution in [0.3, 0.4) is 0 Å². The number of aryl methyl sites for hydroxylation is 1. The molecule has 136 valence electrons. The number of amides is 1. The maximum absolute atomic E-state index is 11.9. The second-order valence-electron chi connectivity index (χ2n) is 6.44. The minimum atomic E-state index is -0.103. The lowest BCUT2D eigenvalue weighted by atomic mass is 9.96. The lowest BCUT2D eigenvalue weighted by Crippen LogP contribution is -2.39. The van der Waals surface area contributed by atoms with Crippen LogP contribution in [0.2, 0.25) is 0 Å². The monoisotopic (exact) mass is 353 g/mol. The maximum atomic E-state index is 11.9. The van der Waals surface area contributed by atoms with E-state index in [2.05, 4.69) is 20.3 Å². The van der Waals surface area contributed by atoms with Crippen LogP contribution in [-0.2, 0) is 11.8 Å². The van der Waals surface area contributed by atoms with Gasteiger partial charge in [-0.25, -0.2) is 4.68 Å². The molecule has 0 radical (unpaired) electrons. The highest BCUT2D eigenvalue weighted by Crippen LogP contribution is 2.21. The second kappa shape index (κ2) is 8.42. The van der Waals surface area contributed by atoms with Gasteiger partial charge in [-0.2, -0.15) is 5.10 Å². The molecule has 0 spiro atoms. The van der Waals surface area contributed by atoms with Gasteiger partial charge in [0.15, 0.2) is 0 Å². The first-order chi connectivity index (χ1) is 12.6. The Morgan fingerprint density at radius 1 is 1.35 bits per heavy atom. The third kappa shape index (κ3) is 4.78. The number of aromatic nitrogens is 3. The zero-order valence-electron chi connectivity index (χ0n) is 14.8. The van der Waals surface area contributed by atoms with Crippen molar-refractivity contribution in [2.24, 2.45) is 13.0 Å². The van der Waals surface area contributed by atoms with Gasteiger partial charge < -0.3 is 10.2 Å². The summed E-state index contributed by atoms with van der Waals surface area (Å²) in [6, 6.07) is 7.20. The third-order valence-corrected chi connectivity index (χ3v) is 4.59. The van der Waals surface area contributed by atoms with Gasteiger partial charge in [0.25, 0.3) is 5.56 Å². The van der Waals surface area contributed by atoms with Crippen LogP contribution in [0, 0.1) is 5.92 Å². The van der Waals surface area contributed by atoms with E-state index in [1.807, 2.05) is 18.2 Å². The molecule has 0 atom stereocenters. The molecule has 1 N–H and O–H groups in total. The fraction of sp³-hybridized carbons (Fsp3) is 0.368. The number of hydrogen-bond acceptors (Lipinski definition) is 5. The molecule has 1 aliphatic rings. The highest BCUT2D eigenvalue weighted by molar-refractivity contribution is 5.91. The van der Waals surface area contributed by atoms with Crippen molar-refractivity contribution in [1.29, 1.82) is 0 Å². The highest BCUT2D eigenvalue weighted by atomic mass is 16.1. The third-order valence-electron chi connectivity index (χ3n) is 4.59. The predicted molar refractivity (Wildman–Crippen MR) is 101 cm³/mol. The Bertz CT molecular complexity index is 823. The van der Waals surface area contributed by atoms with Crippen LogP contribution < -0.4 is 15.8 Å². The Kier molecular flexibility index (Phi) is 5.78. The van der Waals surface area contributed by atoms with Crippen LogP contribution in [0.1, 0.15) is 18.5 Å². The minimum Gasteiger partial charge on any atom is -0.370 e. The number of piperidine rings is 1. The highest BCUT2D eigenvalue weighted by Gasteiger charge is 2.20. The van der Waals surface area contributed by atoms with Crippen LogP contribution in [0.15, 0.2) is 47.5 Å². The summed E-state index contributed by atoms with van der Waals surface area (Å²) in [6.07, 6.45) is 8.60. The van der Waals surface area contributed by atoms with Crippen molar-refractivity contribution in [2.45, 2.75) is 12.8 Å². The van der Waals surface area contributed by atoms with Crippen LogP contribution in [-0.4, -0.2) is 40.3 Å². The van der Waals surface area contributed by atoms with Gasteiger partial charge >= 0.3 is 0 Å². The van der Waals surface area contributed by atoms with Gasteiger partial charge in [-0.15, -0.1) is 0 Å². The zero-order chi connectivity index (χ0) is 18.4. The SMILES string of the molecule is Cn1ncc(N2CCC(CNC(=O)/C=C/c3ccccn3)CC2)cc1=O.